The van der Waals surface area contributed by atoms with Crippen molar-refractivity contribution in [3.8, 4) is 5.75 Å². The van der Waals surface area contributed by atoms with Crippen LogP contribution in [0.3, 0.4) is 0 Å². The molecule has 1 aliphatic rings. The minimum Gasteiger partial charge on any atom is -0.490 e. The first kappa shape index (κ1) is 14.3. The van der Waals surface area contributed by atoms with E-state index in [4.69, 9.17) is 4.74 Å². The molecule has 1 fully saturated rings. The van der Waals surface area contributed by atoms with Gasteiger partial charge in [0, 0.05) is 35.5 Å². The van der Waals surface area contributed by atoms with Crippen molar-refractivity contribution < 1.29 is 4.74 Å². The number of hydrogen-bond donors (Lipinski definition) is 1. The highest BCUT2D eigenvalue weighted by Gasteiger charge is 2.31. The Labute approximate surface area is 116 Å². The van der Waals surface area contributed by atoms with Gasteiger partial charge in [0.15, 0.2) is 0 Å². The number of pyridine rings is 1. The zero-order valence-electron chi connectivity index (χ0n) is 12.7. The summed E-state index contributed by atoms with van der Waals surface area (Å²) in [5.41, 5.74) is 1.15. The van der Waals surface area contributed by atoms with Gasteiger partial charge in [0.05, 0.1) is 0 Å². The summed E-state index contributed by atoms with van der Waals surface area (Å²) in [6, 6.07) is 5.20. The van der Waals surface area contributed by atoms with Crippen LogP contribution in [0, 0.1) is 0 Å². The Morgan fingerprint density at radius 1 is 1.32 bits per heavy atom. The fourth-order valence-corrected chi connectivity index (χ4v) is 2.36. The largest absolute Gasteiger partial charge is 0.490 e. The van der Waals surface area contributed by atoms with Crippen molar-refractivity contribution in [2.45, 2.75) is 71.1 Å². The Morgan fingerprint density at radius 2 is 2.00 bits per heavy atom. The fourth-order valence-electron chi connectivity index (χ4n) is 2.36. The van der Waals surface area contributed by atoms with E-state index in [1.165, 1.54) is 0 Å². The molecule has 1 aliphatic carbocycles. The molecule has 1 saturated carbocycles. The molecule has 0 saturated heterocycles. The first-order valence-corrected chi connectivity index (χ1v) is 7.24. The van der Waals surface area contributed by atoms with Crippen LogP contribution in [0.25, 0.3) is 0 Å². The summed E-state index contributed by atoms with van der Waals surface area (Å²) >= 11 is 0. The number of ether oxygens (including phenoxy) is 1. The second-order valence-corrected chi connectivity index (χ2v) is 6.86. The average molecular weight is 262 g/mol. The van der Waals surface area contributed by atoms with Gasteiger partial charge in [-0.15, -0.1) is 0 Å². The molecule has 3 nitrogen and oxygen atoms in total. The zero-order chi connectivity index (χ0) is 14.0. The molecule has 0 aliphatic heterocycles. The Hall–Kier alpha value is -1.09. The molecule has 1 heterocycles. The van der Waals surface area contributed by atoms with Gasteiger partial charge < -0.3 is 10.1 Å². The first-order chi connectivity index (χ1) is 8.84. The van der Waals surface area contributed by atoms with Gasteiger partial charge in [-0.25, -0.2) is 0 Å². The van der Waals surface area contributed by atoms with E-state index in [-0.39, 0.29) is 5.41 Å². The SMILES string of the molecule is CC(C)N[C@H]1C[C@@H](Oc2ccnc(C(C)(C)C)c2)C1. The van der Waals surface area contributed by atoms with E-state index in [1.54, 1.807) is 0 Å². The summed E-state index contributed by atoms with van der Waals surface area (Å²) < 4.78 is 6.02. The van der Waals surface area contributed by atoms with Crippen molar-refractivity contribution in [2.75, 3.05) is 0 Å². The van der Waals surface area contributed by atoms with Crippen LogP contribution in [0.1, 0.15) is 53.2 Å². The van der Waals surface area contributed by atoms with Crippen molar-refractivity contribution in [3.05, 3.63) is 24.0 Å². The van der Waals surface area contributed by atoms with Crippen molar-refractivity contribution in [3.63, 3.8) is 0 Å². The summed E-state index contributed by atoms with van der Waals surface area (Å²) in [4.78, 5) is 4.42. The average Bonchev–Trinajstić information content (AvgIpc) is 2.25. The highest BCUT2D eigenvalue weighted by Crippen LogP contribution is 2.28. The van der Waals surface area contributed by atoms with E-state index in [0.717, 1.165) is 24.3 Å². The van der Waals surface area contributed by atoms with E-state index in [9.17, 15) is 0 Å². The molecular formula is C16H26N2O. The third-order valence-electron chi connectivity index (χ3n) is 3.47. The monoisotopic (exact) mass is 262 g/mol. The third kappa shape index (κ3) is 3.93. The summed E-state index contributed by atoms with van der Waals surface area (Å²) in [5, 5.41) is 3.54. The van der Waals surface area contributed by atoms with Crippen LogP contribution in [0.4, 0.5) is 0 Å². The molecule has 106 valence electrons. The molecular weight excluding hydrogens is 236 g/mol. The van der Waals surface area contributed by atoms with Crippen molar-refractivity contribution >= 4 is 0 Å². The number of aromatic nitrogens is 1. The molecule has 0 amide bonds. The molecule has 1 N–H and O–H groups in total. The van der Waals surface area contributed by atoms with E-state index < -0.39 is 0 Å². The quantitative estimate of drug-likeness (QED) is 0.904. The van der Waals surface area contributed by atoms with Crippen LogP contribution < -0.4 is 10.1 Å². The van der Waals surface area contributed by atoms with Gasteiger partial charge in [-0.05, 0) is 18.9 Å². The highest BCUT2D eigenvalue weighted by molar-refractivity contribution is 5.26. The molecule has 19 heavy (non-hydrogen) atoms. The molecule has 1 aromatic heterocycles. The number of hydrogen-bond acceptors (Lipinski definition) is 3. The molecule has 0 radical (unpaired) electrons. The van der Waals surface area contributed by atoms with E-state index >= 15 is 0 Å². The van der Waals surface area contributed by atoms with Crippen LogP contribution in [-0.4, -0.2) is 23.2 Å². The lowest BCUT2D eigenvalue weighted by Crippen LogP contribution is -2.49. The first-order valence-electron chi connectivity index (χ1n) is 7.24. The lowest BCUT2D eigenvalue weighted by Gasteiger charge is -2.37. The van der Waals surface area contributed by atoms with E-state index in [2.05, 4.69) is 51.0 Å². The summed E-state index contributed by atoms with van der Waals surface area (Å²) in [6.45, 7) is 10.9. The molecule has 0 aromatic carbocycles. The Morgan fingerprint density at radius 3 is 2.58 bits per heavy atom. The minimum atomic E-state index is 0.0702. The predicted molar refractivity (Wildman–Crippen MR) is 78.6 cm³/mol. The van der Waals surface area contributed by atoms with Gasteiger partial charge in [-0.3, -0.25) is 4.98 Å². The molecule has 3 heteroatoms. The van der Waals surface area contributed by atoms with Gasteiger partial charge in [-0.1, -0.05) is 34.6 Å². The van der Waals surface area contributed by atoms with Gasteiger partial charge in [0.25, 0.3) is 0 Å². The van der Waals surface area contributed by atoms with Crippen molar-refractivity contribution in [2.24, 2.45) is 0 Å². The second kappa shape index (κ2) is 5.49. The van der Waals surface area contributed by atoms with Gasteiger partial charge in [0.2, 0.25) is 0 Å². The minimum absolute atomic E-state index is 0.0702. The summed E-state index contributed by atoms with van der Waals surface area (Å²) in [7, 11) is 0. The van der Waals surface area contributed by atoms with Gasteiger partial charge >= 0.3 is 0 Å². The van der Waals surface area contributed by atoms with E-state index in [1.807, 2.05) is 12.3 Å². The van der Waals surface area contributed by atoms with Crippen LogP contribution in [0.5, 0.6) is 5.75 Å². The maximum absolute atomic E-state index is 6.02. The lowest BCUT2D eigenvalue weighted by atomic mass is 9.88. The topological polar surface area (TPSA) is 34.1 Å². The molecule has 0 atom stereocenters. The predicted octanol–water partition coefficient (Wildman–Crippen LogP) is 3.29. The Bertz CT molecular complexity index is 417. The molecule has 1 aromatic rings. The van der Waals surface area contributed by atoms with Crippen LogP contribution in [0.2, 0.25) is 0 Å². The summed E-state index contributed by atoms with van der Waals surface area (Å²) in [6.07, 6.45) is 4.40. The highest BCUT2D eigenvalue weighted by atomic mass is 16.5. The maximum atomic E-state index is 6.02. The molecule has 2 rings (SSSR count). The number of rotatable bonds is 4. The van der Waals surface area contributed by atoms with Crippen LogP contribution >= 0.6 is 0 Å². The number of nitrogens with one attached hydrogen (secondary N) is 1. The van der Waals surface area contributed by atoms with Crippen LogP contribution in [-0.2, 0) is 5.41 Å². The smallest absolute Gasteiger partial charge is 0.123 e. The lowest BCUT2D eigenvalue weighted by molar-refractivity contribution is 0.0812. The molecule has 0 unspecified atom stereocenters. The van der Waals surface area contributed by atoms with Crippen LogP contribution in [0.15, 0.2) is 18.3 Å². The normalized spacial score (nSPS) is 23.3. The maximum Gasteiger partial charge on any atom is 0.123 e. The summed E-state index contributed by atoms with van der Waals surface area (Å²) in [5.74, 6) is 0.952. The third-order valence-corrected chi connectivity index (χ3v) is 3.47. The Balaban J connectivity index is 1.88. The van der Waals surface area contributed by atoms with Gasteiger partial charge in [-0.2, -0.15) is 0 Å². The zero-order valence-corrected chi connectivity index (χ0v) is 12.7. The Kier molecular flexibility index (Phi) is 4.14. The number of nitrogens with zero attached hydrogens (tertiary/aromatic N) is 1. The standard InChI is InChI=1S/C16H26N2O/c1-11(2)18-12-8-14(9-12)19-13-6-7-17-15(10-13)16(3,4)5/h6-7,10-12,14,18H,8-9H2,1-5H3/t12-,14+. The van der Waals surface area contributed by atoms with E-state index in [0.29, 0.717) is 18.2 Å². The van der Waals surface area contributed by atoms with Crippen molar-refractivity contribution in [1.82, 2.24) is 10.3 Å². The van der Waals surface area contributed by atoms with Gasteiger partial charge in [0.1, 0.15) is 11.9 Å². The van der Waals surface area contributed by atoms with Crippen molar-refractivity contribution in [1.29, 1.82) is 0 Å². The molecule has 0 spiro atoms. The fraction of sp³-hybridized carbons (Fsp3) is 0.688. The molecule has 0 bridgehead atoms. The second-order valence-electron chi connectivity index (χ2n) is 6.86.